The van der Waals surface area contributed by atoms with E-state index in [1.165, 1.54) is 27.7 Å². The third-order valence-electron chi connectivity index (χ3n) is 3.90. The third kappa shape index (κ3) is 2.16. The minimum Gasteiger partial charge on any atom is -0.380 e. The van der Waals surface area contributed by atoms with Crippen LogP contribution >= 0.6 is 0 Å². The van der Waals surface area contributed by atoms with E-state index in [9.17, 15) is 0 Å². The first-order chi connectivity index (χ1) is 9.66. The predicted molar refractivity (Wildman–Crippen MR) is 84.0 cm³/mol. The Labute approximate surface area is 119 Å². The lowest BCUT2D eigenvalue weighted by atomic mass is 10.1. The Bertz CT molecular complexity index is 751. The second kappa shape index (κ2) is 5.00. The van der Waals surface area contributed by atoms with Gasteiger partial charge in [0.05, 0.1) is 5.69 Å². The molecule has 0 bridgehead atoms. The summed E-state index contributed by atoms with van der Waals surface area (Å²) in [6, 6.07) is 14.8. The molecule has 3 rings (SSSR count). The standard InChI is InChI=1S/C17H19N3/c1-12-16(13(2)20(3)19-12)11-18-17-10-6-8-14-7-4-5-9-15(14)17/h4-10,18H,11H2,1-3H3. The first kappa shape index (κ1) is 12.7. The number of anilines is 1. The first-order valence-corrected chi connectivity index (χ1v) is 6.87. The summed E-state index contributed by atoms with van der Waals surface area (Å²) in [6.07, 6.45) is 0. The summed E-state index contributed by atoms with van der Waals surface area (Å²) in [4.78, 5) is 0. The van der Waals surface area contributed by atoms with Gasteiger partial charge in [-0.25, -0.2) is 0 Å². The zero-order valence-electron chi connectivity index (χ0n) is 12.1. The highest BCUT2D eigenvalue weighted by Gasteiger charge is 2.09. The summed E-state index contributed by atoms with van der Waals surface area (Å²) >= 11 is 0. The van der Waals surface area contributed by atoms with Crippen molar-refractivity contribution in [2.75, 3.05) is 5.32 Å². The highest BCUT2D eigenvalue weighted by Crippen LogP contribution is 2.24. The van der Waals surface area contributed by atoms with Crippen LogP contribution in [0.1, 0.15) is 17.0 Å². The molecule has 20 heavy (non-hydrogen) atoms. The summed E-state index contributed by atoms with van der Waals surface area (Å²) in [6.45, 7) is 4.98. The summed E-state index contributed by atoms with van der Waals surface area (Å²) in [5, 5.41) is 10.5. The van der Waals surface area contributed by atoms with Gasteiger partial charge in [0.2, 0.25) is 0 Å². The van der Waals surface area contributed by atoms with Crippen LogP contribution in [0, 0.1) is 13.8 Å². The molecular weight excluding hydrogens is 246 g/mol. The van der Waals surface area contributed by atoms with Gasteiger partial charge in [-0.1, -0.05) is 36.4 Å². The van der Waals surface area contributed by atoms with Crippen LogP contribution in [0.15, 0.2) is 42.5 Å². The molecule has 0 aliphatic rings. The molecule has 0 radical (unpaired) electrons. The molecule has 3 aromatic rings. The molecule has 0 aliphatic carbocycles. The van der Waals surface area contributed by atoms with Gasteiger partial charge in [0.15, 0.2) is 0 Å². The lowest BCUT2D eigenvalue weighted by molar-refractivity contribution is 0.730. The molecule has 1 aromatic heterocycles. The molecule has 3 nitrogen and oxygen atoms in total. The number of benzene rings is 2. The summed E-state index contributed by atoms with van der Waals surface area (Å²) in [7, 11) is 1.99. The summed E-state index contributed by atoms with van der Waals surface area (Å²) in [5.74, 6) is 0. The predicted octanol–water partition coefficient (Wildman–Crippen LogP) is 3.80. The van der Waals surface area contributed by atoms with Gasteiger partial charge in [-0.2, -0.15) is 5.10 Å². The molecular formula is C17H19N3. The second-order valence-corrected chi connectivity index (χ2v) is 5.15. The molecule has 0 atom stereocenters. The molecule has 0 unspecified atom stereocenters. The van der Waals surface area contributed by atoms with Crippen LogP contribution in [0.4, 0.5) is 5.69 Å². The Kier molecular flexibility index (Phi) is 3.18. The molecule has 0 fully saturated rings. The Morgan fingerprint density at radius 2 is 1.80 bits per heavy atom. The lowest BCUT2D eigenvalue weighted by Crippen LogP contribution is -2.02. The van der Waals surface area contributed by atoms with Crippen molar-refractivity contribution in [2.24, 2.45) is 7.05 Å². The van der Waals surface area contributed by atoms with Crippen molar-refractivity contribution >= 4 is 16.5 Å². The van der Waals surface area contributed by atoms with Gasteiger partial charge in [0.25, 0.3) is 0 Å². The average Bonchev–Trinajstić information content (AvgIpc) is 2.70. The highest BCUT2D eigenvalue weighted by molar-refractivity contribution is 5.93. The van der Waals surface area contributed by atoms with Gasteiger partial charge in [-0.15, -0.1) is 0 Å². The van der Waals surface area contributed by atoms with E-state index in [0.717, 1.165) is 12.2 Å². The van der Waals surface area contributed by atoms with Crippen LogP contribution < -0.4 is 5.32 Å². The molecule has 0 aliphatic heterocycles. The van der Waals surface area contributed by atoms with Gasteiger partial charge < -0.3 is 5.32 Å². The molecule has 102 valence electrons. The maximum Gasteiger partial charge on any atom is 0.0646 e. The minimum atomic E-state index is 0.805. The zero-order chi connectivity index (χ0) is 14.1. The fourth-order valence-corrected chi connectivity index (χ4v) is 2.64. The second-order valence-electron chi connectivity index (χ2n) is 5.15. The van der Waals surface area contributed by atoms with Crippen LogP contribution in [0.25, 0.3) is 10.8 Å². The molecule has 3 heteroatoms. The fraction of sp³-hybridized carbons (Fsp3) is 0.235. The van der Waals surface area contributed by atoms with Crippen LogP contribution in [-0.4, -0.2) is 9.78 Å². The van der Waals surface area contributed by atoms with Crippen molar-refractivity contribution in [3.63, 3.8) is 0 Å². The third-order valence-corrected chi connectivity index (χ3v) is 3.90. The van der Waals surface area contributed by atoms with Gasteiger partial charge in [-0.05, 0) is 25.3 Å². The Balaban J connectivity index is 1.91. The average molecular weight is 265 g/mol. The lowest BCUT2D eigenvalue weighted by Gasteiger charge is -2.10. The van der Waals surface area contributed by atoms with E-state index < -0.39 is 0 Å². The topological polar surface area (TPSA) is 29.9 Å². The van der Waals surface area contributed by atoms with Gasteiger partial charge in [-0.3, -0.25) is 4.68 Å². The Morgan fingerprint density at radius 3 is 2.55 bits per heavy atom. The monoisotopic (exact) mass is 265 g/mol. The molecule has 2 aromatic carbocycles. The van der Waals surface area contributed by atoms with Crippen LogP contribution in [0.3, 0.4) is 0 Å². The Hall–Kier alpha value is -2.29. The van der Waals surface area contributed by atoms with Crippen molar-refractivity contribution in [3.05, 3.63) is 59.4 Å². The number of fused-ring (bicyclic) bond motifs is 1. The van der Waals surface area contributed by atoms with E-state index in [2.05, 4.69) is 66.7 Å². The number of rotatable bonds is 3. The first-order valence-electron chi connectivity index (χ1n) is 6.87. The zero-order valence-corrected chi connectivity index (χ0v) is 12.1. The molecule has 0 saturated heterocycles. The fourth-order valence-electron chi connectivity index (χ4n) is 2.64. The van der Waals surface area contributed by atoms with Crippen LogP contribution in [0.2, 0.25) is 0 Å². The van der Waals surface area contributed by atoms with Crippen LogP contribution in [0.5, 0.6) is 0 Å². The van der Waals surface area contributed by atoms with E-state index in [0.29, 0.717) is 0 Å². The van der Waals surface area contributed by atoms with Crippen molar-refractivity contribution in [2.45, 2.75) is 20.4 Å². The maximum atomic E-state index is 4.46. The van der Waals surface area contributed by atoms with E-state index >= 15 is 0 Å². The highest BCUT2D eigenvalue weighted by atomic mass is 15.3. The van der Waals surface area contributed by atoms with Crippen molar-refractivity contribution in [1.82, 2.24) is 9.78 Å². The van der Waals surface area contributed by atoms with Crippen molar-refractivity contribution in [3.8, 4) is 0 Å². The van der Waals surface area contributed by atoms with Crippen molar-refractivity contribution in [1.29, 1.82) is 0 Å². The quantitative estimate of drug-likeness (QED) is 0.780. The van der Waals surface area contributed by atoms with Gasteiger partial charge in [0, 0.05) is 35.9 Å². The van der Waals surface area contributed by atoms with E-state index in [1.54, 1.807) is 0 Å². The largest absolute Gasteiger partial charge is 0.380 e. The minimum absolute atomic E-state index is 0.805. The normalized spacial score (nSPS) is 10.9. The van der Waals surface area contributed by atoms with Crippen LogP contribution in [-0.2, 0) is 13.6 Å². The number of nitrogens with zero attached hydrogens (tertiary/aromatic N) is 2. The number of hydrogen-bond donors (Lipinski definition) is 1. The number of hydrogen-bond acceptors (Lipinski definition) is 2. The van der Waals surface area contributed by atoms with Crippen molar-refractivity contribution < 1.29 is 0 Å². The van der Waals surface area contributed by atoms with Gasteiger partial charge in [0.1, 0.15) is 0 Å². The molecule has 0 spiro atoms. The number of aromatic nitrogens is 2. The summed E-state index contributed by atoms with van der Waals surface area (Å²) < 4.78 is 1.94. The summed E-state index contributed by atoms with van der Waals surface area (Å²) in [5.41, 5.74) is 4.76. The molecule has 1 N–H and O–H groups in total. The van der Waals surface area contributed by atoms with E-state index in [1.807, 2.05) is 11.7 Å². The van der Waals surface area contributed by atoms with E-state index in [-0.39, 0.29) is 0 Å². The smallest absolute Gasteiger partial charge is 0.0646 e. The van der Waals surface area contributed by atoms with E-state index in [4.69, 9.17) is 0 Å². The molecule has 1 heterocycles. The number of nitrogens with one attached hydrogen (secondary N) is 1. The Morgan fingerprint density at radius 1 is 1.05 bits per heavy atom. The molecule has 0 amide bonds. The van der Waals surface area contributed by atoms with Gasteiger partial charge >= 0.3 is 0 Å². The SMILES string of the molecule is Cc1nn(C)c(C)c1CNc1cccc2ccccc12. The molecule has 0 saturated carbocycles. The number of aryl methyl sites for hydroxylation is 2. The maximum absolute atomic E-state index is 4.46.